The molecule has 1 aliphatic rings. The predicted octanol–water partition coefficient (Wildman–Crippen LogP) is 4.10. The Kier molecular flexibility index (Phi) is 5.84. The zero-order valence-electron chi connectivity index (χ0n) is 14.0. The summed E-state index contributed by atoms with van der Waals surface area (Å²) in [5.74, 6) is 1.25. The zero-order chi connectivity index (χ0) is 16.2. The number of nitrogens with one attached hydrogen (secondary N) is 1. The number of halogens is 1. The molecule has 2 aromatic heterocycles. The molecule has 4 rings (SSSR count). The maximum atomic E-state index is 5.93. The first-order valence-electron chi connectivity index (χ1n) is 8.51. The van der Waals surface area contributed by atoms with E-state index >= 15 is 0 Å². The van der Waals surface area contributed by atoms with Gasteiger partial charge in [0, 0.05) is 35.5 Å². The van der Waals surface area contributed by atoms with Crippen LogP contribution in [0.15, 0.2) is 54.9 Å². The number of hydrogen-bond acceptors (Lipinski definition) is 4. The van der Waals surface area contributed by atoms with Crippen molar-refractivity contribution in [1.82, 2.24) is 15.3 Å². The molecule has 5 heteroatoms. The predicted molar refractivity (Wildman–Crippen MR) is 102 cm³/mol. The molecule has 3 heterocycles. The van der Waals surface area contributed by atoms with Gasteiger partial charge in [-0.3, -0.25) is 4.98 Å². The van der Waals surface area contributed by atoms with Crippen molar-refractivity contribution in [3.05, 3.63) is 66.1 Å². The third-order valence-electron chi connectivity index (χ3n) is 4.59. The molecule has 0 spiro atoms. The second-order valence-corrected chi connectivity index (χ2v) is 6.27. The van der Waals surface area contributed by atoms with Crippen molar-refractivity contribution in [2.24, 2.45) is 0 Å². The summed E-state index contributed by atoms with van der Waals surface area (Å²) in [6.45, 7) is 2.67. The third kappa shape index (κ3) is 4.27. The quantitative estimate of drug-likeness (QED) is 0.765. The lowest BCUT2D eigenvalue weighted by atomic mass is 9.94. The van der Waals surface area contributed by atoms with Crippen molar-refractivity contribution in [3.63, 3.8) is 0 Å². The Labute approximate surface area is 154 Å². The van der Waals surface area contributed by atoms with Gasteiger partial charge in [0.25, 0.3) is 0 Å². The molecular formula is C20H22ClN3O. The van der Waals surface area contributed by atoms with E-state index in [2.05, 4.69) is 34.6 Å². The van der Waals surface area contributed by atoms with Gasteiger partial charge in [-0.2, -0.15) is 0 Å². The second kappa shape index (κ2) is 8.28. The van der Waals surface area contributed by atoms with Crippen molar-refractivity contribution in [1.29, 1.82) is 0 Å². The van der Waals surface area contributed by atoms with E-state index in [0.717, 1.165) is 42.6 Å². The second-order valence-electron chi connectivity index (χ2n) is 6.27. The zero-order valence-corrected chi connectivity index (χ0v) is 14.8. The molecule has 0 aliphatic carbocycles. The lowest BCUT2D eigenvalue weighted by Crippen LogP contribution is -2.27. The standard InChI is InChI=1S/C20H21N3O.ClH/c1-2-19(16-6-9-21-10-7-16)23-20(3-1)24-14-15-4-5-18-13-22-11-8-17(18)12-15;/h1-5,8,11-13,16,21H,6-7,9-10,14H2;1H. The molecule has 0 saturated carbocycles. The summed E-state index contributed by atoms with van der Waals surface area (Å²) in [5, 5.41) is 5.73. The van der Waals surface area contributed by atoms with Crippen molar-refractivity contribution in [2.75, 3.05) is 13.1 Å². The molecule has 1 aromatic carbocycles. The van der Waals surface area contributed by atoms with Crippen LogP contribution in [0.2, 0.25) is 0 Å². The van der Waals surface area contributed by atoms with Crippen LogP contribution in [0.4, 0.5) is 0 Å². The number of aromatic nitrogens is 2. The maximum absolute atomic E-state index is 5.93. The van der Waals surface area contributed by atoms with E-state index < -0.39 is 0 Å². The number of nitrogens with zero attached hydrogens (tertiary/aromatic N) is 2. The average molecular weight is 356 g/mol. The van der Waals surface area contributed by atoms with Gasteiger partial charge in [0.05, 0.1) is 0 Å². The molecule has 0 unspecified atom stereocenters. The lowest BCUT2D eigenvalue weighted by Gasteiger charge is -2.22. The molecule has 25 heavy (non-hydrogen) atoms. The van der Waals surface area contributed by atoms with E-state index in [9.17, 15) is 0 Å². The number of pyridine rings is 2. The van der Waals surface area contributed by atoms with Crippen molar-refractivity contribution >= 4 is 23.2 Å². The van der Waals surface area contributed by atoms with Crippen molar-refractivity contribution in [3.8, 4) is 5.88 Å². The molecule has 0 atom stereocenters. The maximum Gasteiger partial charge on any atom is 0.213 e. The van der Waals surface area contributed by atoms with E-state index in [1.54, 1.807) is 0 Å². The highest BCUT2D eigenvalue weighted by atomic mass is 35.5. The van der Waals surface area contributed by atoms with Gasteiger partial charge in [-0.25, -0.2) is 4.98 Å². The van der Waals surface area contributed by atoms with Crippen LogP contribution < -0.4 is 10.1 Å². The fraction of sp³-hybridized carbons (Fsp3) is 0.300. The molecule has 1 N–H and O–H groups in total. The van der Waals surface area contributed by atoms with Gasteiger partial charge in [0.2, 0.25) is 5.88 Å². The van der Waals surface area contributed by atoms with Crippen LogP contribution in [0, 0.1) is 0 Å². The third-order valence-corrected chi connectivity index (χ3v) is 4.59. The van der Waals surface area contributed by atoms with Gasteiger partial charge in [-0.05, 0) is 55.1 Å². The molecule has 1 aliphatic heterocycles. The van der Waals surface area contributed by atoms with Crippen LogP contribution in [0.25, 0.3) is 10.8 Å². The molecule has 1 saturated heterocycles. The molecular weight excluding hydrogens is 334 g/mol. The van der Waals surface area contributed by atoms with Gasteiger partial charge >= 0.3 is 0 Å². The first kappa shape index (κ1) is 17.6. The van der Waals surface area contributed by atoms with Gasteiger partial charge in [-0.15, -0.1) is 12.4 Å². The molecule has 4 nitrogen and oxygen atoms in total. The van der Waals surface area contributed by atoms with Gasteiger partial charge in [0.15, 0.2) is 0 Å². The molecule has 0 amide bonds. The summed E-state index contributed by atoms with van der Waals surface area (Å²) in [7, 11) is 0. The summed E-state index contributed by atoms with van der Waals surface area (Å²) < 4.78 is 5.93. The number of ether oxygens (including phenoxy) is 1. The SMILES string of the molecule is Cl.c1cc(OCc2ccc3cnccc3c2)nc(C2CCNCC2)c1. The van der Waals surface area contributed by atoms with E-state index in [-0.39, 0.29) is 12.4 Å². The smallest absolute Gasteiger partial charge is 0.213 e. The van der Waals surface area contributed by atoms with Crippen LogP contribution in [-0.4, -0.2) is 23.1 Å². The Hall–Kier alpha value is -2.17. The number of rotatable bonds is 4. The number of piperidine rings is 1. The summed E-state index contributed by atoms with van der Waals surface area (Å²) in [5.41, 5.74) is 2.29. The van der Waals surface area contributed by atoms with Gasteiger partial charge in [0.1, 0.15) is 6.61 Å². The fourth-order valence-electron chi connectivity index (χ4n) is 3.24. The molecule has 0 bridgehead atoms. The van der Waals surface area contributed by atoms with E-state index in [0.29, 0.717) is 18.4 Å². The van der Waals surface area contributed by atoms with Crippen LogP contribution in [0.5, 0.6) is 5.88 Å². The minimum absolute atomic E-state index is 0. The fourth-order valence-corrected chi connectivity index (χ4v) is 3.24. The summed E-state index contributed by atoms with van der Waals surface area (Å²) in [6.07, 6.45) is 5.99. The van der Waals surface area contributed by atoms with Gasteiger partial charge < -0.3 is 10.1 Å². The highest BCUT2D eigenvalue weighted by Crippen LogP contribution is 2.25. The normalized spacial score (nSPS) is 14.9. The van der Waals surface area contributed by atoms with E-state index in [1.807, 2.05) is 30.6 Å². The Morgan fingerprint density at radius 3 is 2.80 bits per heavy atom. The monoisotopic (exact) mass is 355 g/mol. The lowest BCUT2D eigenvalue weighted by molar-refractivity contribution is 0.291. The van der Waals surface area contributed by atoms with E-state index in [1.165, 1.54) is 5.39 Å². The minimum atomic E-state index is 0. The van der Waals surface area contributed by atoms with Crippen molar-refractivity contribution in [2.45, 2.75) is 25.4 Å². The summed E-state index contributed by atoms with van der Waals surface area (Å²) >= 11 is 0. The Balaban J connectivity index is 0.00000182. The first-order chi connectivity index (χ1) is 11.9. The number of fused-ring (bicyclic) bond motifs is 1. The minimum Gasteiger partial charge on any atom is -0.473 e. The van der Waals surface area contributed by atoms with Crippen molar-refractivity contribution < 1.29 is 4.74 Å². The largest absolute Gasteiger partial charge is 0.473 e. The summed E-state index contributed by atoms with van der Waals surface area (Å²) in [6, 6.07) is 14.4. The Morgan fingerprint density at radius 1 is 1.04 bits per heavy atom. The first-order valence-corrected chi connectivity index (χ1v) is 8.51. The van der Waals surface area contributed by atoms with Crippen LogP contribution >= 0.6 is 12.4 Å². The highest BCUT2D eigenvalue weighted by molar-refractivity contribution is 5.85. The van der Waals surface area contributed by atoms with Gasteiger partial charge in [-0.1, -0.05) is 18.2 Å². The molecule has 0 radical (unpaired) electrons. The van der Waals surface area contributed by atoms with Crippen LogP contribution in [-0.2, 0) is 6.61 Å². The topological polar surface area (TPSA) is 47.0 Å². The Morgan fingerprint density at radius 2 is 1.92 bits per heavy atom. The summed E-state index contributed by atoms with van der Waals surface area (Å²) in [4.78, 5) is 8.86. The Bertz CT molecular complexity index is 834. The number of hydrogen-bond donors (Lipinski definition) is 1. The molecule has 3 aromatic rings. The van der Waals surface area contributed by atoms with E-state index in [4.69, 9.17) is 9.72 Å². The number of benzene rings is 1. The molecule has 130 valence electrons. The average Bonchev–Trinajstić information content (AvgIpc) is 2.67. The van der Waals surface area contributed by atoms with Crippen LogP contribution in [0.1, 0.15) is 30.0 Å². The van der Waals surface area contributed by atoms with Crippen LogP contribution in [0.3, 0.4) is 0 Å². The highest BCUT2D eigenvalue weighted by Gasteiger charge is 2.16. The molecule has 1 fully saturated rings.